The molecule has 3 aromatic rings. The fourth-order valence-corrected chi connectivity index (χ4v) is 5.41. The Morgan fingerprint density at radius 3 is 2.04 bits per heavy atom. The summed E-state index contributed by atoms with van der Waals surface area (Å²) in [6.07, 6.45) is 0. The van der Waals surface area contributed by atoms with E-state index in [1.54, 1.807) is 58.3 Å². The first-order chi connectivity index (χ1) is 22.5. The van der Waals surface area contributed by atoms with Gasteiger partial charge in [0.05, 0.1) is 39.6 Å². The van der Waals surface area contributed by atoms with E-state index in [9.17, 15) is 14.4 Å². The average molecular weight is 632 g/mol. The van der Waals surface area contributed by atoms with Crippen LogP contribution in [0.25, 0.3) is 11.4 Å². The second-order valence-electron chi connectivity index (χ2n) is 10.8. The van der Waals surface area contributed by atoms with Gasteiger partial charge in [-0.05, 0) is 55.5 Å². The fourth-order valence-electron chi connectivity index (χ4n) is 5.41. The minimum absolute atomic E-state index is 0.0642. The van der Waals surface area contributed by atoms with Crippen LogP contribution in [0.3, 0.4) is 0 Å². The number of amides is 4. The molecule has 3 aliphatic heterocycles. The molecule has 0 unspecified atom stereocenters. The molecule has 0 atom stereocenters. The maximum absolute atomic E-state index is 13.7. The molecule has 6 rings (SSSR count). The van der Waals surface area contributed by atoms with Crippen molar-refractivity contribution in [1.82, 2.24) is 14.9 Å². The van der Waals surface area contributed by atoms with Gasteiger partial charge in [0, 0.05) is 55.3 Å². The molecule has 0 bridgehead atoms. The van der Waals surface area contributed by atoms with Crippen LogP contribution in [-0.2, 0) is 19.0 Å². The number of morpholine rings is 3. The first kappa shape index (κ1) is 31.2. The summed E-state index contributed by atoms with van der Waals surface area (Å²) in [5.41, 5.74) is 2.77. The number of benzene rings is 2. The molecule has 14 heteroatoms. The highest BCUT2D eigenvalue weighted by Crippen LogP contribution is 2.34. The van der Waals surface area contributed by atoms with Gasteiger partial charge >= 0.3 is 6.03 Å². The quantitative estimate of drug-likeness (QED) is 0.380. The van der Waals surface area contributed by atoms with Gasteiger partial charge in [-0.25, -0.2) is 14.8 Å². The zero-order valence-electron chi connectivity index (χ0n) is 25.7. The molecule has 46 heavy (non-hydrogen) atoms. The molecule has 2 aromatic carbocycles. The number of carbonyl (C=O) groups is 3. The number of carbonyl (C=O) groups excluding carboxylic acids is 3. The number of aromatic nitrogens is 2. The van der Waals surface area contributed by atoms with E-state index in [-0.39, 0.29) is 24.1 Å². The third-order valence-electron chi connectivity index (χ3n) is 7.77. The zero-order chi connectivity index (χ0) is 31.9. The third kappa shape index (κ3) is 7.19. The van der Waals surface area contributed by atoms with E-state index in [2.05, 4.69) is 15.5 Å². The first-order valence-electron chi connectivity index (χ1n) is 15.4. The molecule has 3 aliphatic rings. The molecular formula is C32H37N7O7. The van der Waals surface area contributed by atoms with E-state index >= 15 is 0 Å². The topological polar surface area (TPSA) is 148 Å². The summed E-state index contributed by atoms with van der Waals surface area (Å²) in [5.74, 6) is 0.961. The van der Waals surface area contributed by atoms with Crippen molar-refractivity contribution in [2.45, 2.75) is 6.92 Å². The lowest BCUT2D eigenvalue weighted by Crippen LogP contribution is -2.42. The summed E-state index contributed by atoms with van der Waals surface area (Å²) < 4.78 is 22.2. The van der Waals surface area contributed by atoms with Gasteiger partial charge in [-0.1, -0.05) is 0 Å². The third-order valence-corrected chi connectivity index (χ3v) is 7.77. The Labute approximate surface area is 266 Å². The van der Waals surface area contributed by atoms with Gasteiger partial charge in [0.25, 0.3) is 11.8 Å². The zero-order valence-corrected chi connectivity index (χ0v) is 25.7. The molecule has 0 saturated carbocycles. The van der Waals surface area contributed by atoms with Crippen molar-refractivity contribution in [1.29, 1.82) is 0 Å². The van der Waals surface area contributed by atoms with Crippen LogP contribution in [0.5, 0.6) is 5.75 Å². The van der Waals surface area contributed by atoms with Crippen LogP contribution in [0.2, 0.25) is 0 Å². The SMILES string of the molecule is CCOc1c(C(=O)N2CCOCC2)nc(-c2ccc(NC(=O)Nc3ccc(N4CCOCC4=O)cc3)cc2)nc1N1CCOCC1. The minimum atomic E-state index is -0.423. The van der Waals surface area contributed by atoms with Gasteiger partial charge in [-0.3, -0.25) is 9.59 Å². The maximum Gasteiger partial charge on any atom is 0.323 e. The lowest BCUT2D eigenvalue weighted by atomic mass is 10.1. The second kappa shape index (κ2) is 14.5. The molecule has 242 valence electrons. The van der Waals surface area contributed by atoms with Crippen molar-refractivity contribution in [3.63, 3.8) is 0 Å². The lowest BCUT2D eigenvalue weighted by molar-refractivity contribution is -0.125. The van der Waals surface area contributed by atoms with Crippen molar-refractivity contribution in [3.05, 3.63) is 54.2 Å². The molecular weight excluding hydrogens is 594 g/mol. The predicted molar refractivity (Wildman–Crippen MR) is 171 cm³/mol. The van der Waals surface area contributed by atoms with E-state index in [1.807, 2.05) is 6.92 Å². The van der Waals surface area contributed by atoms with Gasteiger partial charge < -0.3 is 44.3 Å². The number of ether oxygens (including phenoxy) is 4. The summed E-state index contributed by atoms with van der Waals surface area (Å²) >= 11 is 0. The van der Waals surface area contributed by atoms with Crippen molar-refractivity contribution >= 4 is 40.7 Å². The number of urea groups is 1. The van der Waals surface area contributed by atoms with E-state index < -0.39 is 6.03 Å². The Morgan fingerprint density at radius 2 is 1.41 bits per heavy atom. The number of nitrogens with one attached hydrogen (secondary N) is 2. The summed E-state index contributed by atoms with van der Waals surface area (Å²) in [4.78, 5) is 53.6. The van der Waals surface area contributed by atoms with Gasteiger partial charge in [-0.15, -0.1) is 0 Å². The molecule has 2 N–H and O–H groups in total. The van der Waals surface area contributed by atoms with E-state index in [0.717, 1.165) is 5.69 Å². The average Bonchev–Trinajstić information content (AvgIpc) is 3.10. The van der Waals surface area contributed by atoms with Crippen molar-refractivity contribution in [3.8, 4) is 17.1 Å². The Balaban J connectivity index is 1.19. The Kier molecular flexibility index (Phi) is 9.86. The van der Waals surface area contributed by atoms with Gasteiger partial charge in [0.2, 0.25) is 0 Å². The summed E-state index contributed by atoms with van der Waals surface area (Å²) in [5, 5.41) is 5.64. The molecule has 4 amide bonds. The van der Waals surface area contributed by atoms with E-state index in [1.165, 1.54) is 0 Å². The van der Waals surface area contributed by atoms with Crippen LogP contribution in [-0.4, -0.2) is 112 Å². The van der Waals surface area contributed by atoms with Crippen LogP contribution < -0.4 is 25.2 Å². The van der Waals surface area contributed by atoms with Gasteiger partial charge in [0.1, 0.15) is 6.61 Å². The van der Waals surface area contributed by atoms with Crippen LogP contribution in [0.1, 0.15) is 17.4 Å². The molecule has 0 spiro atoms. The molecule has 0 radical (unpaired) electrons. The standard InChI is InChI=1S/C32H37N7O7/c1-2-46-28-27(31(41)38-13-18-44-19-14-38)35-29(36-30(28)37-11-16-43-17-12-37)22-3-5-23(6-4-22)33-32(42)34-24-7-9-25(10-8-24)39-15-20-45-21-26(39)40/h3-10H,2,11-21H2,1H3,(H2,33,34,42). The second-order valence-corrected chi connectivity index (χ2v) is 10.8. The van der Waals surface area contributed by atoms with Crippen LogP contribution in [0.15, 0.2) is 48.5 Å². The normalized spacial score (nSPS) is 17.1. The number of rotatable bonds is 8. The van der Waals surface area contributed by atoms with E-state index in [0.29, 0.717) is 107 Å². The summed E-state index contributed by atoms with van der Waals surface area (Å²) in [6.45, 7) is 7.41. The number of hydrogen-bond donors (Lipinski definition) is 2. The smallest absolute Gasteiger partial charge is 0.323 e. The first-order valence-corrected chi connectivity index (χ1v) is 15.4. The minimum Gasteiger partial charge on any atom is -0.488 e. The fraction of sp³-hybridized carbons (Fsp3) is 0.406. The largest absolute Gasteiger partial charge is 0.488 e. The number of anilines is 4. The predicted octanol–water partition coefficient (Wildman–Crippen LogP) is 2.86. The van der Waals surface area contributed by atoms with Gasteiger partial charge in [0.15, 0.2) is 23.1 Å². The summed E-state index contributed by atoms with van der Waals surface area (Å²) in [7, 11) is 0. The number of nitrogens with zero attached hydrogens (tertiary/aromatic N) is 5. The van der Waals surface area contributed by atoms with Crippen LogP contribution in [0.4, 0.5) is 27.7 Å². The highest BCUT2D eigenvalue weighted by Gasteiger charge is 2.30. The molecule has 0 aliphatic carbocycles. The summed E-state index contributed by atoms with van der Waals surface area (Å²) in [6, 6.07) is 13.7. The number of hydrogen-bond acceptors (Lipinski definition) is 10. The van der Waals surface area contributed by atoms with Gasteiger partial charge in [-0.2, -0.15) is 0 Å². The van der Waals surface area contributed by atoms with Crippen molar-refractivity contribution in [2.75, 3.05) is 99.4 Å². The van der Waals surface area contributed by atoms with Crippen LogP contribution >= 0.6 is 0 Å². The maximum atomic E-state index is 13.7. The van der Waals surface area contributed by atoms with Crippen molar-refractivity contribution < 1.29 is 33.3 Å². The Hall–Kier alpha value is -4.79. The Morgan fingerprint density at radius 1 is 0.804 bits per heavy atom. The van der Waals surface area contributed by atoms with Crippen LogP contribution in [0, 0.1) is 0 Å². The lowest BCUT2D eigenvalue weighted by Gasteiger charge is -2.31. The highest BCUT2D eigenvalue weighted by molar-refractivity contribution is 6.00. The van der Waals surface area contributed by atoms with Crippen molar-refractivity contribution in [2.24, 2.45) is 0 Å². The molecule has 3 fully saturated rings. The van der Waals surface area contributed by atoms with E-state index in [4.69, 9.17) is 28.9 Å². The molecule has 14 nitrogen and oxygen atoms in total. The molecule has 1 aromatic heterocycles. The molecule has 4 heterocycles. The molecule has 3 saturated heterocycles. The Bertz CT molecular complexity index is 1540. The monoisotopic (exact) mass is 631 g/mol. The highest BCUT2D eigenvalue weighted by atomic mass is 16.5.